The molecule has 0 radical (unpaired) electrons. The molecule has 386 valence electrons. The van der Waals surface area contributed by atoms with Gasteiger partial charge in [0.05, 0.1) is 25.4 Å². The maximum absolute atomic E-state index is 12.5. The van der Waals surface area contributed by atoms with E-state index in [-0.39, 0.29) is 18.5 Å². The van der Waals surface area contributed by atoms with Crippen LogP contribution in [0.5, 0.6) is 0 Å². The van der Waals surface area contributed by atoms with Crippen LogP contribution in [0.15, 0.2) is 12.2 Å². The van der Waals surface area contributed by atoms with Crippen molar-refractivity contribution in [3.8, 4) is 0 Å². The number of aliphatic hydroxyl groups is 2. The lowest BCUT2D eigenvalue weighted by molar-refractivity contribution is -0.143. The van der Waals surface area contributed by atoms with E-state index in [9.17, 15) is 19.8 Å². The number of allylic oxidation sites excluding steroid dienone is 2. The van der Waals surface area contributed by atoms with Gasteiger partial charge in [-0.1, -0.05) is 276 Å². The van der Waals surface area contributed by atoms with Gasteiger partial charge in [0.15, 0.2) is 0 Å². The van der Waals surface area contributed by atoms with Crippen LogP contribution in [0.2, 0.25) is 0 Å². The van der Waals surface area contributed by atoms with Crippen LogP contribution in [0.3, 0.4) is 0 Å². The molecule has 0 bridgehead atoms. The third-order valence-electron chi connectivity index (χ3n) is 13.8. The smallest absolute Gasteiger partial charge is 0.305 e. The van der Waals surface area contributed by atoms with Crippen molar-refractivity contribution in [1.82, 2.24) is 5.32 Å². The molecule has 0 heterocycles. The lowest BCUT2D eigenvalue weighted by atomic mass is 10.0. The molecule has 0 aromatic carbocycles. The first kappa shape index (κ1) is 63.6. The van der Waals surface area contributed by atoms with Crippen molar-refractivity contribution in [3.63, 3.8) is 0 Å². The zero-order chi connectivity index (χ0) is 47.2. The summed E-state index contributed by atoms with van der Waals surface area (Å²) in [6.07, 6.45) is 64.8. The van der Waals surface area contributed by atoms with Crippen molar-refractivity contribution in [2.24, 2.45) is 0 Å². The van der Waals surface area contributed by atoms with Gasteiger partial charge in [0, 0.05) is 12.8 Å². The second-order valence-corrected chi connectivity index (χ2v) is 20.3. The molecular formula is C59H115NO5. The van der Waals surface area contributed by atoms with Gasteiger partial charge in [-0.2, -0.15) is 0 Å². The average molecular weight is 919 g/mol. The molecule has 6 nitrogen and oxygen atoms in total. The molecule has 2 unspecified atom stereocenters. The summed E-state index contributed by atoms with van der Waals surface area (Å²) in [5.41, 5.74) is 0. The standard InChI is InChI=1S/C59H115NO5/c1-3-5-7-9-11-13-15-17-19-21-22-23-27-31-35-39-43-47-51-57(62)56(55-61)60-58(63)52-48-44-40-36-32-28-25-26-30-34-38-42-46-50-54-65-59(64)53-49-45-41-37-33-29-24-20-18-16-14-12-10-8-6-4-2/h20,24,56-57,61-62H,3-19,21-23,25-55H2,1-2H3,(H,60,63)/b24-20-. The minimum atomic E-state index is -0.671. The van der Waals surface area contributed by atoms with Crippen LogP contribution in [0.1, 0.15) is 328 Å². The number of amides is 1. The highest BCUT2D eigenvalue weighted by molar-refractivity contribution is 5.76. The van der Waals surface area contributed by atoms with E-state index in [1.165, 1.54) is 244 Å². The van der Waals surface area contributed by atoms with E-state index in [0.717, 1.165) is 51.4 Å². The van der Waals surface area contributed by atoms with Crippen molar-refractivity contribution in [1.29, 1.82) is 0 Å². The minimum Gasteiger partial charge on any atom is -0.466 e. The fraction of sp³-hybridized carbons (Fsp3) is 0.932. The molecule has 0 aromatic rings. The molecule has 0 aromatic heterocycles. The summed E-state index contributed by atoms with van der Waals surface area (Å²) in [7, 11) is 0. The predicted molar refractivity (Wildman–Crippen MR) is 283 cm³/mol. The molecule has 0 spiro atoms. The number of carbonyl (C=O) groups is 2. The monoisotopic (exact) mass is 918 g/mol. The van der Waals surface area contributed by atoms with Gasteiger partial charge in [-0.25, -0.2) is 0 Å². The number of hydrogen-bond acceptors (Lipinski definition) is 5. The lowest BCUT2D eigenvalue weighted by Crippen LogP contribution is -2.45. The van der Waals surface area contributed by atoms with E-state index in [0.29, 0.717) is 25.9 Å². The largest absolute Gasteiger partial charge is 0.466 e. The molecular weight excluding hydrogens is 803 g/mol. The normalized spacial score (nSPS) is 12.6. The topological polar surface area (TPSA) is 95.9 Å². The van der Waals surface area contributed by atoms with Gasteiger partial charge < -0.3 is 20.3 Å². The van der Waals surface area contributed by atoms with Crippen molar-refractivity contribution in [2.75, 3.05) is 13.2 Å². The molecule has 0 aliphatic carbocycles. The van der Waals surface area contributed by atoms with E-state index in [2.05, 4.69) is 31.3 Å². The minimum absolute atomic E-state index is 0.00861. The van der Waals surface area contributed by atoms with Gasteiger partial charge in [-0.15, -0.1) is 0 Å². The number of ether oxygens (including phenoxy) is 1. The van der Waals surface area contributed by atoms with Crippen LogP contribution in [-0.2, 0) is 14.3 Å². The Hall–Kier alpha value is -1.40. The number of rotatable bonds is 55. The maximum Gasteiger partial charge on any atom is 0.305 e. The van der Waals surface area contributed by atoms with E-state index >= 15 is 0 Å². The van der Waals surface area contributed by atoms with Gasteiger partial charge in [0.2, 0.25) is 5.91 Å². The summed E-state index contributed by atoms with van der Waals surface area (Å²) in [4.78, 5) is 24.6. The molecule has 2 atom stereocenters. The Balaban J connectivity index is 3.43. The molecule has 0 aliphatic heterocycles. The maximum atomic E-state index is 12.5. The number of unbranched alkanes of at least 4 members (excludes halogenated alkanes) is 42. The Kier molecular flexibility index (Phi) is 54.0. The van der Waals surface area contributed by atoms with Crippen LogP contribution >= 0.6 is 0 Å². The molecule has 0 fully saturated rings. The van der Waals surface area contributed by atoms with Crippen molar-refractivity contribution < 1.29 is 24.5 Å². The molecule has 0 aliphatic rings. The van der Waals surface area contributed by atoms with Crippen molar-refractivity contribution in [2.45, 2.75) is 341 Å². The van der Waals surface area contributed by atoms with Gasteiger partial charge in [0.1, 0.15) is 0 Å². The average Bonchev–Trinajstić information content (AvgIpc) is 3.31. The summed E-state index contributed by atoms with van der Waals surface area (Å²) < 4.78 is 5.47. The molecule has 6 heteroatoms. The number of esters is 1. The molecule has 1 amide bonds. The van der Waals surface area contributed by atoms with Crippen LogP contribution in [0.25, 0.3) is 0 Å². The number of carbonyl (C=O) groups excluding carboxylic acids is 2. The number of hydrogen-bond donors (Lipinski definition) is 3. The Morgan fingerprint density at radius 3 is 1.09 bits per heavy atom. The van der Waals surface area contributed by atoms with Gasteiger partial charge in [-0.3, -0.25) is 9.59 Å². The summed E-state index contributed by atoms with van der Waals surface area (Å²) >= 11 is 0. The van der Waals surface area contributed by atoms with Crippen LogP contribution in [0, 0.1) is 0 Å². The SMILES string of the molecule is CCCCCCCCC/C=C\CCCCCCCC(=O)OCCCCCCCCCCCCCCCCC(=O)NC(CO)C(O)CCCCCCCCCCCCCCCCCCCC. The molecule has 0 rings (SSSR count). The second-order valence-electron chi connectivity index (χ2n) is 20.3. The molecule has 0 saturated heterocycles. The predicted octanol–water partition coefficient (Wildman–Crippen LogP) is 18.1. The lowest BCUT2D eigenvalue weighted by Gasteiger charge is -2.22. The first-order chi connectivity index (χ1) is 32.0. The van der Waals surface area contributed by atoms with Gasteiger partial charge in [0.25, 0.3) is 0 Å². The third kappa shape index (κ3) is 51.8. The van der Waals surface area contributed by atoms with Gasteiger partial charge >= 0.3 is 5.97 Å². The highest BCUT2D eigenvalue weighted by atomic mass is 16.5. The summed E-state index contributed by atoms with van der Waals surface area (Å²) in [6.45, 7) is 4.95. The van der Waals surface area contributed by atoms with E-state index in [1.807, 2.05) is 0 Å². The van der Waals surface area contributed by atoms with E-state index < -0.39 is 12.1 Å². The fourth-order valence-corrected chi connectivity index (χ4v) is 9.28. The fourth-order valence-electron chi connectivity index (χ4n) is 9.28. The molecule has 0 saturated carbocycles. The highest BCUT2D eigenvalue weighted by Crippen LogP contribution is 2.18. The van der Waals surface area contributed by atoms with E-state index in [1.54, 1.807) is 0 Å². The first-order valence-electron chi connectivity index (χ1n) is 29.4. The Morgan fingerprint density at radius 2 is 0.723 bits per heavy atom. The van der Waals surface area contributed by atoms with E-state index in [4.69, 9.17) is 4.74 Å². The summed E-state index contributed by atoms with van der Waals surface area (Å²) in [5, 5.41) is 23.3. The van der Waals surface area contributed by atoms with Crippen molar-refractivity contribution >= 4 is 11.9 Å². The third-order valence-corrected chi connectivity index (χ3v) is 13.8. The van der Waals surface area contributed by atoms with Crippen LogP contribution < -0.4 is 5.32 Å². The van der Waals surface area contributed by atoms with Crippen LogP contribution in [-0.4, -0.2) is 47.4 Å². The zero-order valence-corrected chi connectivity index (χ0v) is 44.0. The summed E-state index contributed by atoms with van der Waals surface area (Å²) in [5.74, 6) is -0.0514. The Morgan fingerprint density at radius 1 is 0.415 bits per heavy atom. The second kappa shape index (κ2) is 55.2. The first-order valence-corrected chi connectivity index (χ1v) is 29.4. The van der Waals surface area contributed by atoms with Crippen LogP contribution in [0.4, 0.5) is 0 Å². The number of nitrogens with one attached hydrogen (secondary N) is 1. The molecule has 65 heavy (non-hydrogen) atoms. The Labute approximate surface area is 406 Å². The zero-order valence-electron chi connectivity index (χ0n) is 44.0. The highest BCUT2D eigenvalue weighted by Gasteiger charge is 2.20. The number of aliphatic hydroxyl groups excluding tert-OH is 2. The molecule has 3 N–H and O–H groups in total. The quantitative estimate of drug-likeness (QED) is 0.0321. The Bertz CT molecular complexity index is 970. The summed E-state index contributed by atoms with van der Waals surface area (Å²) in [6, 6.07) is -0.549. The van der Waals surface area contributed by atoms with Gasteiger partial charge in [-0.05, 0) is 51.4 Å². The van der Waals surface area contributed by atoms with Crippen molar-refractivity contribution in [3.05, 3.63) is 12.2 Å².